The van der Waals surface area contributed by atoms with Gasteiger partial charge in [-0.1, -0.05) is 12.1 Å². The summed E-state index contributed by atoms with van der Waals surface area (Å²) in [7, 11) is 1.63. The molecule has 0 unspecified atom stereocenters. The van der Waals surface area contributed by atoms with Crippen molar-refractivity contribution < 1.29 is 4.74 Å². The quantitative estimate of drug-likeness (QED) is 0.721. The number of pyridine rings is 1. The topological polar surface area (TPSA) is 65.7 Å². The molecule has 6 nitrogen and oxygen atoms in total. The molecule has 0 bridgehead atoms. The van der Waals surface area contributed by atoms with Crippen molar-refractivity contribution >= 4 is 0 Å². The van der Waals surface area contributed by atoms with Gasteiger partial charge in [0.1, 0.15) is 5.75 Å². The molecule has 0 radical (unpaired) electrons. The number of nitrogens with zero attached hydrogens (tertiary/aromatic N) is 5. The molecular weight excluding hydrogens is 254 g/mol. The summed E-state index contributed by atoms with van der Waals surface area (Å²) >= 11 is 0. The van der Waals surface area contributed by atoms with Crippen molar-refractivity contribution in [2.24, 2.45) is 0 Å². The molecule has 0 aliphatic rings. The lowest BCUT2D eigenvalue weighted by molar-refractivity contribution is 0.415. The van der Waals surface area contributed by atoms with Gasteiger partial charge in [-0.3, -0.25) is 4.98 Å². The van der Waals surface area contributed by atoms with Gasteiger partial charge < -0.3 is 4.74 Å². The Kier molecular flexibility index (Phi) is 3.36. The molecule has 2 heterocycles. The highest BCUT2D eigenvalue weighted by Gasteiger charge is 2.07. The Morgan fingerprint density at radius 1 is 1.15 bits per heavy atom. The first-order valence-electron chi connectivity index (χ1n) is 6.16. The molecule has 1 aromatic carbocycles. The van der Waals surface area contributed by atoms with Crippen LogP contribution in [0.2, 0.25) is 0 Å². The molecule has 20 heavy (non-hydrogen) atoms. The van der Waals surface area contributed by atoms with Gasteiger partial charge in [-0.15, -0.1) is 10.2 Å². The van der Waals surface area contributed by atoms with Crippen molar-refractivity contribution in [1.82, 2.24) is 25.2 Å². The van der Waals surface area contributed by atoms with E-state index in [0.717, 1.165) is 16.9 Å². The average molecular weight is 267 g/mol. The van der Waals surface area contributed by atoms with E-state index < -0.39 is 0 Å². The molecule has 0 saturated heterocycles. The van der Waals surface area contributed by atoms with Gasteiger partial charge in [-0.25, -0.2) is 0 Å². The van der Waals surface area contributed by atoms with Gasteiger partial charge in [0.05, 0.1) is 13.7 Å². The third kappa shape index (κ3) is 2.64. The molecule has 0 aliphatic carbocycles. The van der Waals surface area contributed by atoms with E-state index in [0.29, 0.717) is 12.4 Å². The summed E-state index contributed by atoms with van der Waals surface area (Å²) < 4.78 is 5.19. The molecule has 0 spiro atoms. The molecule has 6 heteroatoms. The lowest BCUT2D eigenvalue weighted by Gasteiger charge is -2.00. The van der Waals surface area contributed by atoms with E-state index in [1.807, 2.05) is 36.4 Å². The predicted molar refractivity (Wildman–Crippen MR) is 73.1 cm³/mol. The van der Waals surface area contributed by atoms with Crippen LogP contribution in [0.1, 0.15) is 5.56 Å². The van der Waals surface area contributed by atoms with E-state index in [4.69, 9.17) is 4.74 Å². The molecular formula is C14H13N5O. The number of methoxy groups -OCH3 is 1. The van der Waals surface area contributed by atoms with E-state index in [2.05, 4.69) is 20.4 Å². The summed E-state index contributed by atoms with van der Waals surface area (Å²) in [5.74, 6) is 1.35. The van der Waals surface area contributed by atoms with Crippen molar-refractivity contribution in [2.45, 2.75) is 6.54 Å². The van der Waals surface area contributed by atoms with Gasteiger partial charge in [-0.05, 0) is 35.0 Å². The number of ether oxygens (including phenoxy) is 1. The van der Waals surface area contributed by atoms with Crippen LogP contribution in [0.3, 0.4) is 0 Å². The van der Waals surface area contributed by atoms with Crippen molar-refractivity contribution in [3.63, 3.8) is 0 Å². The van der Waals surface area contributed by atoms with Gasteiger partial charge in [0.15, 0.2) is 0 Å². The van der Waals surface area contributed by atoms with Gasteiger partial charge in [-0.2, -0.15) is 4.80 Å². The minimum Gasteiger partial charge on any atom is -0.497 e. The Morgan fingerprint density at radius 3 is 2.80 bits per heavy atom. The first kappa shape index (κ1) is 12.3. The molecule has 3 rings (SSSR count). The normalized spacial score (nSPS) is 10.4. The zero-order chi connectivity index (χ0) is 13.8. The molecule has 0 saturated carbocycles. The number of benzene rings is 1. The first-order valence-corrected chi connectivity index (χ1v) is 6.16. The van der Waals surface area contributed by atoms with Crippen molar-refractivity contribution in [2.75, 3.05) is 7.11 Å². The van der Waals surface area contributed by atoms with Crippen LogP contribution in [0.4, 0.5) is 0 Å². The van der Waals surface area contributed by atoms with Gasteiger partial charge >= 0.3 is 0 Å². The summed E-state index contributed by atoms with van der Waals surface area (Å²) in [6.07, 6.45) is 3.49. The summed E-state index contributed by atoms with van der Waals surface area (Å²) in [5, 5.41) is 12.5. The van der Waals surface area contributed by atoms with Crippen LogP contribution in [0.15, 0.2) is 48.8 Å². The fourth-order valence-electron chi connectivity index (χ4n) is 1.84. The maximum absolute atomic E-state index is 5.19. The molecule has 0 atom stereocenters. The maximum atomic E-state index is 5.19. The van der Waals surface area contributed by atoms with Crippen molar-refractivity contribution in [3.05, 3.63) is 54.4 Å². The Balaban J connectivity index is 1.83. The third-order valence-electron chi connectivity index (χ3n) is 2.85. The largest absolute Gasteiger partial charge is 0.497 e. The minimum atomic E-state index is 0.569. The Hall–Kier alpha value is -2.76. The summed E-state index contributed by atoms with van der Waals surface area (Å²) in [6, 6.07) is 11.4. The zero-order valence-corrected chi connectivity index (χ0v) is 11.0. The second-order valence-corrected chi connectivity index (χ2v) is 4.23. The maximum Gasteiger partial charge on any atom is 0.205 e. The van der Waals surface area contributed by atoms with Crippen LogP contribution >= 0.6 is 0 Å². The van der Waals surface area contributed by atoms with Crippen LogP contribution in [0, 0.1) is 0 Å². The Bertz CT molecular complexity index is 696. The molecule has 0 fully saturated rings. The fourth-order valence-corrected chi connectivity index (χ4v) is 1.84. The number of tetrazole rings is 1. The number of rotatable bonds is 4. The van der Waals surface area contributed by atoms with Crippen molar-refractivity contribution in [1.29, 1.82) is 0 Å². The van der Waals surface area contributed by atoms with E-state index in [9.17, 15) is 0 Å². The van der Waals surface area contributed by atoms with Crippen LogP contribution < -0.4 is 4.74 Å². The average Bonchev–Trinajstić information content (AvgIpc) is 2.97. The minimum absolute atomic E-state index is 0.569. The second kappa shape index (κ2) is 5.48. The lowest BCUT2D eigenvalue weighted by Crippen LogP contribution is -2.03. The first-order chi connectivity index (χ1) is 9.85. The summed E-state index contributed by atoms with van der Waals surface area (Å²) in [5.41, 5.74) is 1.96. The fraction of sp³-hybridized carbons (Fsp3) is 0.143. The van der Waals surface area contributed by atoms with Crippen molar-refractivity contribution in [3.8, 4) is 17.1 Å². The number of hydrogen-bond donors (Lipinski definition) is 0. The highest BCUT2D eigenvalue weighted by molar-refractivity contribution is 5.56. The van der Waals surface area contributed by atoms with Crippen LogP contribution in [-0.4, -0.2) is 32.3 Å². The third-order valence-corrected chi connectivity index (χ3v) is 2.85. The van der Waals surface area contributed by atoms with Crippen LogP contribution in [0.25, 0.3) is 11.4 Å². The standard InChI is InChI=1S/C14H13N5O/c1-20-13-4-2-3-12(9-13)14-16-18-19(17-14)10-11-5-7-15-8-6-11/h2-9H,10H2,1H3. The van der Waals surface area contributed by atoms with E-state index in [-0.39, 0.29) is 0 Å². The van der Waals surface area contributed by atoms with E-state index >= 15 is 0 Å². The number of aromatic nitrogens is 5. The van der Waals surface area contributed by atoms with Crippen LogP contribution in [-0.2, 0) is 6.54 Å². The smallest absolute Gasteiger partial charge is 0.205 e. The SMILES string of the molecule is COc1cccc(-c2nnn(Cc3ccncc3)n2)c1. The predicted octanol–water partition coefficient (Wildman–Crippen LogP) is 1.79. The van der Waals surface area contributed by atoms with Gasteiger partial charge in [0.2, 0.25) is 5.82 Å². The monoisotopic (exact) mass is 267 g/mol. The lowest BCUT2D eigenvalue weighted by atomic mass is 10.2. The molecule has 0 amide bonds. The second-order valence-electron chi connectivity index (χ2n) is 4.23. The van der Waals surface area contributed by atoms with Gasteiger partial charge in [0, 0.05) is 18.0 Å². The summed E-state index contributed by atoms with van der Waals surface area (Å²) in [4.78, 5) is 5.54. The zero-order valence-electron chi connectivity index (χ0n) is 11.0. The highest BCUT2D eigenvalue weighted by Crippen LogP contribution is 2.19. The summed E-state index contributed by atoms with van der Waals surface area (Å²) in [6.45, 7) is 0.569. The van der Waals surface area contributed by atoms with E-state index in [1.54, 1.807) is 24.3 Å². The Labute approximate surface area is 116 Å². The molecule has 0 N–H and O–H groups in total. The molecule has 2 aromatic heterocycles. The number of hydrogen-bond acceptors (Lipinski definition) is 5. The molecule has 3 aromatic rings. The molecule has 0 aliphatic heterocycles. The Morgan fingerprint density at radius 2 is 2.00 bits per heavy atom. The van der Waals surface area contributed by atoms with Gasteiger partial charge in [0.25, 0.3) is 0 Å². The van der Waals surface area contributed by atoms with E-state index in [1.165, 1.54) is 0 Å². The van der Waals surface area contributed by atoms with Crippen LogP contribution in [0.5, 0.6) is 5.75 Å². The highest BCUT2D eigenvalue weighted by atomic mass is 16.5. The molecule has 100 valence electrons.